The van der Waals surface area contributed by atoms with Crippen molar-refractivity contribution in [3.05, 3.63) is 41.4 Å². The van der Waals surface area contributed by atoms with Crippen molar-refractivity contribution in [3.8, 4) is 11.4 Å². The van der Waals surface area contributed by atoms with Gasteiger partial charge in [-0.15, -0.1) is 5.10 Å². The van der Waals surface area contributed by atoms with E-state index in [0.29, 0.717) is 24.1 Å². The lowest BCUT2D eigenvalue weighted by molar-refractivity contribution is 0.363. The van der Waals surface area contributed by atoms with E-state index >= 15 is 0 Å². The van der Waals surface area contributed by atoms with Crippen LogP contribution in [0.25, 0.3) is 11.4 Å². The Morgan fingerprint density at radius 2 is 2.05 bits per heavy atom. The van der Waals surface area contributed by atoms with Crippen LogP contribution in [0.15, 0.2) is 28.8 Å². The van der Waals surface area contributed by atoms with E-state index in [9.17, 15) is 0 Å². The van der Waals surface area contributed by atoms with E-state index in [1.807, 2.05) is 38.1 Å². The molecule has 2 aromatic heterocycles. The van der Waals surface area contributed by atoms with Gasteiger partial charge in [-0.25, -0.2) is 4.68 Å². The van der Waals surface area contributed by atoms with Crippen molar-refractivity contribution in [1.82, 2.24) is 25.1 Å². The largest absolute Gasteiger partial charge is 0.381 e. The van der Waals surface area contributed by atoms with Gasteiger partial charge in [-0.2, -0.15) is 4.98 Å². The van der Waals surface area contributed by atoms with Crippen LogP contribution in [0.5, 0.6) is 0 Å². The molecule has 0 fully saturated rings. The van der Waals surface area contributed by atoms with Crippen molar-refractivity contribution in [2.45, 2.75) is 20.4 Å². The monoisotopic (exact) mass is 270 g/mol. The Morgan fingerprint density at radius 3 is 2.75 bits per heavy atom. The summed E-state index contributed by atoms with van der Waals surface area (Å²) in [5, 5.41) is 11.7. The molecule has 0 spiro atoms. The summed E-state index contributed by atoms with van der Waals surface area (Å²) in [5.41, 5.74) is 8.48. The summed E-state index contributed by atoms with van der Waals surface area (Å²) in [7, 11) is 0. The highest BCUT2D eigenvalue weighted by atomic mass is 16.5. The number of aryl methyl sites for hydroxylation is 1. The number of aromatic nitrogens is 5. The first kappa shape index (κ1) is 12.3. The minimum atomic E-state index is 0.356. The molecule has 2 heterocycles. The average molecular weight is 270 g/mol. The van der Waals surface area contributed by atoms with Gasteiger partial charge in [0.1, 0.15) is 6.54 Å². The zero-order valence-corrected chi connectivity index (χ0v) is 11.2. The molecule has 3 aromatic rings. The lowest BCUT2D eigenvalue weighted by Gasteiger charge is -1.98. The van der Waals surface area contributed by atoms with Crippen LogP contribution in [0, 0.1) is 13.8 Å². The van der Waals surface area contributed by atoms with Crippen molar-refractivity contribution in [2.75, 3.05) is 5.73 Å². The maximum Gasteiger partial charge on any atom is 0.248 e. The lowest BCUT2D eigenvalue weighted by Crippen LogP contribution is -2.04. The molecule has 1 aromatic carbocycles. The molecule has 0 aliphatic carbocycles. The van der Waals surface area contributed by atoms with Gasteiger partial charge in [0.2, 0.25) is 11.7 Å². The Labute approximate surface area is 115 Å². The zero-order valence-electron chi connectivity index (χ0n) is 11.2. The molecule has 0 amide bonds. The van der Waals surface area contributed by atoms with E-state index in [4.69, 9.17) is 10.3 Å². The highest BCUT2D eigenvalue weighted by molar-refractivity contribution is 5.58. The van der Waals surface area contributed by atoms with E-state index < -0.39 is 0 Å². The fourth-order valence-corrected chi connectivity index (χ4v) is 1.90. The van der Waals surface area contributed by atoms with Gasteiger partial charge in [-0.3, -0.25) is 0 Å². The normalized spacial score (nSPS) is 10.9. The predicted molar refractivity (Wildman–Crippen MR) is 72.7 cm³/mol. The molecule has 0 bridgehead atoms. The summed E-state index contributed by atoms with van der Waals surface area (Å²) in [6.45, 7) is 4.20. The smallest absolute Gasteiger partial charge is 0.248 e. The molecular weight excluding hydrogens is 256 g/mol. The van der Waals surface area contributed by atoms with E-state index in [1.165, 1.54) is 0 Å². The first-order valence-electron chi connectivity index (χ1n) is 6.19. The van der Waals surface area contributed by atoms with Crippen LogP contribution in [-0.4, -0.2) is 25.1 Å². The van der Waals surface area contributed by atoms with Crippen molar-refractivity contribution < 1.29 is 4.52 Å². The third kappa shape index (κ3) is 2.13. The number of hydrogen-bond donors (Lipinski definition) is 1. The van der Waals surface area contributed by atoms with Gasteiger partial charge in [0.15, 0.2) is 5.82 Å². The van der Waals surface area contributed by atoms with Crippen LogP contribution >= 0.6 is 0 Å². The molecule has 0 aliphatic rings. The Kier molecular flexibility index (Phi) is 2.94. The molecule has 0 aliphatic heterocycles. The van der Waals surface area contributed by atoms with Crippen molar-refractivity contribution in [1.29, 1.82) is 0 Å². The maximum absolute atomic E-state index is 5.65. The number of hydrogen-bond acceptors (Lipinski definition) is 6. The number of nitrogen functional groups attached to an aromatic ring is 1. The minimum absolute atomic E-state index is 0.356. The quantitative estimate of drug-likeness (QED) is 0.776. The topological polar surface area (TPSA) is 95.7 Å². The Balaban J connectivity index is 1.88. The Morgan fingerprint density at radius 1 is 1.25 bits per heavy atom. The molecule has 0 unspecified atom stereocenters. The molecule has 0 saturated carbocycles. The van der Waals surface area contributed by atoms with Gasteiger partial charge >= 0.3 is 0 Å². The number of rotatable bonds is 3. The molecule has 0 radical (unpaired) electrons. The first-order chi connectivity index (χ1) is 9.65. The summed E-state index contributed by atoms with van der Waals surface area (Å²) < 4.78 is 6.88. The van der Waals surface area contributed by atoms with Crippen molar-refractivity contribution in [3.63, 3.8) is 0 Å². The second-order valence-corrected chi connectivity index (χ2v) is 4.54. The molecule has 0 saturated heterocycles. The lowest BCUT2D eigenvalue weighted by atomic mass is 10.1. The highest BCUT2D eigenvalue weighted by Crippen LogP contribution is 2.20. The predicted octanol–water partition coefficient (Wildman–Crippen LogP) is 1.58. The number of anilines is 1. The number of nitrogens with two attached hydrogens (primary N) is 1. The molecule has 0 atom stereocenters. The number of nitrogens with zero attached hydrogens (tertiary/aromatic N) is 5. The second-order valence-electron chi connectivity index (χ2n) is 4.54. The van der Waals surface area contributed by atoms with Crippen LogP contribution in [0.4, 0.5) is 5.82 Å². The SMILES string of the molecule is Cc1ccccc1-c1noc(Cn2nnc(N)c2C)n1. The maximum atomic E-state index is 5.65. The fraction of sp³-hybridized carbons (Fsp3) is 0.231. The summed E-state index contributed by atoms with van der Waals surface area (Å²) in [6.07, 6.45) is 0. The fourth-order valence-electron chi connectivity index (χ4n) is 1.90. The first-order valence-corrected chi connectivity index (χ1v) is 6.19. The molecular formula is C13H14N6O. The summed E-state index contributed by atoms with van der Waals surface area (Å²) in [5.74, 6) is 1.45. The third-order valence-electron chi connectivity index (χ3n) is 3.16. The van der Waals surface area contributed by atoms with Gasteiger partial charge in [-0.1, -0.05) is 34.6 Å². The standard InChI is InChI=1S/C13H14N6O/c1-8-5-3-4-6-10(8)13-15-11(20-17-13)7-19-9(2)12(14)16-18-19/h3-6H,7,14H2,1-2H3. The van der Waals surface area contributed by atoms with Crippen LogP contribution in [0.2, 0.25) is 0 Å². The molecule has 102 valence electrons. The van der Waals surface area contributed by atoms with E-state index in [0.717, 1.165) is 16.8 Å². The van der Waals surface area contributed by atoms with Gasteiger partial charge in [0, 0.05) is 5.56 Å². The second kappa shape index (κ2) is 4.76. The van der Waals surface area contributed by atoms with Crippen LogP contribution in [0.3, 0.4) is 0 Å². The average Bonchev–Trinajstić information content (AvgIpc) is 3.02. The van der Waals surface area contributed by atoms with E-state index in [2.05, 4.69) is 20.5 Å². The molecule has 3 rings (SSSR count). The highest BCUT2D eigenvalue weighted by Gasteiger charge is 2.13. The van der Waals surface area contributed by atoms with E-state index in [-0.39, 0.29) is 0 Å². The zero-order chi connectivity index (χ0) is 14.1. The summed E-state index contributed by atoms with van der Waals surface area (Å²) in [4.78, 5) is 4.38. The Hall–Kier alpha value is -2.70. The molecule has 7 nitrogen and oxygen atoms in total. The molecule has 2 N–H and O–H groups in total. The Bertz CT molecular complexity index is 745. The van der Waals surface area contributed by atoms with Gasteiger partial charge in [-0.05, 0) is 19.4 Å². The summed E-state index contributed by atoms with van der Waals surface area (Å²) >= 11 is 0. The molecule has 7 heteroatoms. The third-order valence-corrected chi connectivity index (χ3v) is 3.16. The molecule has 20 heavy (non-hydrogen) atoms. The summed E-state index contributed by atoms with van der Waals surface area (Å²) in [6, 6.07) is 7.89. The van der Waals surface area contributed by atoms with E-state index in [1.54, 1.807) is 4.68 Å². The van der Waals surface area contributed by atoms with Gasteiger partial charge < -0.3 is 10.3 Å². The van der Waals surface area contributed by atoms with Crippen molar-refractivity contribution in [2.24, 2.45) is 0 Å². The van der Waals surface area contributed by atoms with Gasteiger partial charge in [0.05, 0.1) is 5.69 Å². The van der Waals surface area contributed by atoms with Crippen molar-refractivity contribution >= 4 is 5.82 Å². The van der Waals surface area contributed by atoms with Gasteiger partial charge in [0.25, 0.3) is 0 Å². The number of benzene rings is 1. The van der Waals surface area contributed by atoms with Crippen LogP contribution in [0.1, 0.15) is 17.1 Å². The minimum Gasteiger partial charge on any atom is -0.381 e. The van der Waals surface area contributed by atoms with Crippen LogP contribution < -0.4 is 5.73 Å². The van der Waals surface area contributed by atoms with Crippen LogP contribution in [-0.2, 0) is 6.54 Å².